The van der Waals surface area contributed by atoms with Crippen molar-refractivity contribution in [2.45, 2.75) is 6.54 Å². The molecule has 9 heteroatoms. The van der Waals surface area contributed by atoms with Crippen molar-refractivity contribution in [1.29, 1.82) is 5.26 Å². The van der Waals surface area contributed by atoms with E-state index in [2.05, 4.69) is 0 Å². The smallest absolute Gasteiger partial charge is 0.302 e. The molecule has 0 atom stereocenters. The first-order chi connectivity index (χ1) is 10.3. The zero-order valence-corrected chi connectivity index (χ0v) is 12.2. The van der Waals surface area contributed by atoms with E-state index in [1.54, 1.807) is 6.07 Å². The van der Waals surface area contributed by atoms with Crippen LogP contribution >= 0.6 is 0 Å². The first-order valence-corrected chi connectivity index (χ1v) is 6.24. The fourth-order valence-electron chi connectivity index (χ4n) is 2.03. The lowest BCUT2D eigenvalue weighted by atomic mass is 10.3. The van der Waals surface area contributed by atoms with Gasteiger partial charge in [0.25, 0.3) is 11.1 Å². The molecule has 114 valence electrons. The third-order valence-electron chi connectivity index (χ3n) is 3.40. The third kappa shape index (κ3) is 2.31. The van der Waals surface area contributed by atoms with E-state index in [1.165, 1.54) is 31.8 Å². The second kappa shape index (κ2) is 5.33. The molecular formula is C13H13N5O4. The Morgan fingerprint density at radius 2 is 1.68 bits per heavy atom. The summed E-state index contributed by atoms with van der Waals surface area (Å²) in [5.41, 5.74) is -2.52. The molecule has 0 aliphatic rings. The molecule has 22 heavy (non-hydrogen) atoms. The van der Waals surface area contributed by atoms with Crippen LogP contribution in [0.15, 0.2) is 31.4 Å². The monoisotopic (exact) mass is 303 g/mol. The summed E-state index contributed by atoms with van der Waals surface area (Å²) in [5, 5.41) is 8.92. The molecular weight excluding hydrogens is 290 g/mol. The Balaban J connectivity index is 2.74. The van der Waals surface area contributed by atoms with Crippen LogP contribution in [0.2, 0.25) is 0 Å². The van der Waals surface area contributed by atoms with Gasteiger partial charge in [-0.2, -0.15) is 5.26 Å². The average molecular weight is 303 g/mol. The van der Waals surface area contributed by atoms with Gasteiger partial charge in [0.2, 0.25) is 0 Å². The van der Waals surface area contributed by atoms with Gasteiger partial charge >= 0.3 is 11.4 Å². The zero-order valence-electron chi connectivity index (χ0n) is 12.2. The number of nitrogens with zero attached hydrogens (tertiary/aromatic N) is 5. The summed E-state index contributed by atoms with van der Waals surface area (Å²) in [6, 6.07) is 2.88. The molecule has 0 N–H and O–H groups in total. The molecule has 0 saturated heterocycles. The van der Waals surface area contributed by atoms with Crippen LogP contribution in [0.5, 0.6) is 0 Å². The molecule has 0 fully saturated rings. The van der Waals surface area contributed by atoms with Crippen molar-refractivity contribution < 1.29 is 0 Å². The van der Waals surface area contributed by atoms with Crippen molar-refractivity contribution >= 4 is 0 Å². The van der Waals surface area contributed by atoms with Gasteiger partial charge in [0, 0.05) is 39.1 Å². The van der Waals surface area contributed by atoms with Crippen molar-refractivity contribution in [2.24, 2.45) is 21.1 Å². The fourth-order valence-corrected chi connectivity index (χ4v) is 2.03. The summed E-state index contributed by atoms with van der Waals surface area (Å²) < 4.78 is 3.99. The molecule has 0 saturated carbocycles. The molecule has 0 aliphatic carbocycles. The van der Waals surface area contributed by atoms with Crippen LogP contribution in [0.25, 0.3) is 0 Å². The Hall–Kier alpha value is -3.15. The molecule has 2 aromatic rings. The highest BCUT2D eigenvalue weighted by atomic mass is 16.2. The maximum Gasteiger partial charge on any atom is 0.331 e. The maximum atomic E-state index is 12.1. The highest BCUT2D eigenvalue weighted by Crippen LogP contribution is 1.94. The van der Waals surface area contributed by atoms with Gasteiger partial charge in [-0.3, -0.25) is 23.3 Å². The van der Waals surface area contributed by atoms with Crippen molar-refractivity contribution in [3.05, 3.63) is 65.2 Å². The van der Waals surface area contributed by atoms with Crippen LogP contribution in [0.3, 0.4) is 0 Å². The van der Waals surface area contributed by atoms with Crippen LogP contribution in [-0.4, -0.2) is 18.3 Å². The van der Waals surface area contributed by atoms with Gasteiger partial charge in [0.05, 0.1) is 6.54 Å². The summed E-state index contributed by atoms with van der Waals surface area (Å²) in [5.74, 6) is 0. The lowest BCUT2D eigenvalue weighted by Crippen LogP contribution is -2.43. The Bertz CT molecular complexity index is 1030. The first-order valence-electron chi connectivity index (χ1n) is 6.24. The molecule has 9 nitrogen and oxygen atoms in total. The van der Waals surface area contributed by atoms with Crippen LogP contribution in [0, 0.1) is 11.3 Å². The first kappa shape index (κ1) is 15.2. The average Bonchev–Trinajstić information content (AvgIpc) is 2.50. The Morgan fingerprint density at radius 1 is 1.05 bits per heavy atom. The molecule has 0 unspecified atom stereocenters. The SMILES string of the molecule is Cn1cc(C#N)c(=O)n(Cc2cc(=O)n(C)c(=O)n2C)c1=O. The van der Waals surface area contributed by atoms with Crippen molar-refractivity contribution in [2.75, 3.05) is 0 Å². The quantitative estimate of drug-likeness (QED) is 0.628. The molecule has 0 bridgehead atoms. The highest BCUT2D eigenvalue weighted by molar-refractivity contribution is 5.22. The van der Waals surface area contributed by atoms with Gasteiger partial charge in [-0.25, -0.2) is 9.59 Å². The van der Waals surface area contributed by atoms with E-state index in [1.807, 2.05) is 0 Å². The molecule has 0 aliphatic heterocycles. The Labute approximate surface area is 123 Å². The van der Waals surface area contributed by atoms with Crippen LogP contribution < -0.4 is 22.5 Å². The van der Waals surface area contributed by atoms with Crippen LogP contribution in [0.1, 0.15) is 11.3 Å². The van der Waals surface area contributed by atoms with E-state index in [-0.39, 0.29) is 17.8 Å². The van der Waals surface area contributed by atoms with E-state index in [9.17, 15) is 19.2 Å². The van der Waals surface area contributed by atoms with Gasteiger partial charge in [-0.15, -0.1) is 0 Å². The van der Waals surface area contributed by atoms with Gasteiger partial charge < -0.3 is 4.57 Å². The number of nitriles is 1. The van der Waals surface area contributed by atoms with Crippen molar-refractivity contribution in [1.82, 2.24) is 18.3 Å². The standard InChI is InChI=1S/C13H13N5O4/c1-15-6-8(5-14)11(20)18(12(15)21)7-9-4-10(19)17(3)13(22)16(9)2/h4,6H,7H2,1-3H3. The molecule has 2 heterocycles. The lowest BCUT2D eigenvalue weighted by molar-refractivity contribution is 0.582. The molecule has 0 amide bonds. The largest absolute Gasteiger partial charge is 0.331 e. The minimum absolute atomic E-state index is 0.197. The third-order valence-corrected chi connectivity index (χ3v) is 3.40. The minimum atomic E-state index is -0.765. The number of rotatable bonds is 2. The Kier molecular flexibility index (Phi) is 3.69. The normalized spacial score (nSPS) is 10.5. The van der Waals surface area contributed by atoms with E-state index < -0.39 is 22.5 Å². The predicted octanol–water partition coefficient (Wildman–Crippen LogP) is -2.14. The molecule has 0 spiro atoms. The topological polar surface area (TPSA) is 112 Å². The van der Waals surface area contributed by atoms with Crippen molar-refractivity contribution in [3.63, 3.8) is 0 Å². The second-order valence-electron chi connectivity index (χ2n) is 4.81. The number of hydrogen-bond acceptors (Lipinski definition) is 5. The molecule has 0 radical (unpaired) electrons. The van der Waals surface area contributed by atoms with Gasteiger partial charge in [-0.1, -0.05) is 0 Å². The van der Waals surface area contributed by atoms with Crippen molar-refractivity contribution in [3.8, 4) is 6.07 Å². The number of aryl methyl sites for hydroxylation is 1. The van der Waals surface area contributed by atoms with E-state index in [4.69, 9.17) is 5.26 Å². The minimum Gasteiger partial charge on any atom is -0.302 e. The number of aromatic nitrogens is 4. The second-order valence-corrected chi connectivity index (χ2v) is 4.81. The molecule has 2 aromatic heterocycles. The van der Waals surface area contributed by atoms with E-state index in [0.29, 0.717) is 0 Å². The Morgan fingerprint density at radius 3 is 2.27 bits per heavy atom. The van der Waals surface area contributed by atoms with Crippen LogP contribution in [-0.2, 0) is 27.7 Å². The van der Waals surface area contributed by atoms with E-state index >= 15 is 0 Å². The number of hydrogen-bond donors (Lipinski definition) is 0. The van der Waals surface area contributed by atoms with Gasteiger partial charge in [0.15, 0.2) is 0 Å². The van der Waals surface area contributed by atoms with Gasteiger partial charge in [0.1, 0.15) is 11.6 Å². The van der Waals surface area contributed by atoms with Gasteiger partial charge in [-0.05, 0) is 0 Å². The highest BCUT2D eigenvalue weighted by Gasteiger charge is 2.13. The van der Waals surface area contributed by atoms with Crippen LogP contribution in [0.4, 0.5) is 0 Å². The van der Waals surface area contributed by atoms with E-state index in [0.717, 1.165) is 19.9 Å². The summed E-state index contributed by atoms with van der Waals surface area (Å²) in [4.78, 5) is 47.7. The zero-order chi connectivity index (χ0) is 16.6. The molecule has 2 rings (SSSR count). The summed E-state index contributed by atoms with van der Waals surface area (Å²) in [6.45, 7) is -0.275. The molecule has 0 aromatic carbocycles. The lowest BCUT2D eigenvalue weighted by Gasteiger charge is -2.11. The summed E-state index contributed by atoms with van der Waals surface area (Å²) in [7, 11) is 4.17. The summed E-state index contributed by atoms with van der Waals surface area (Å²) >= 11 is 0. The predicted molar refractivity (Wildman–Crippen MR) is 76.7 cm³/mol. The summed E-state index contributed by atoms with van der Waals surface area (Å²) in [6.07, 6.45) is 1.14. The fraction of sp³-hybridized carbons (Fsp3) is 0.308. The maximum absolute atomic E-state index is 12.1.